The predicted molar refractivity (Wildman–Crippen MR) is 122 cm³/mol. The average Bonchev–Trinajstić information content (AvgIpc) is 3.10. The minimum Gasteiger partial charge on any atom is -0.396 e. The van der Waals surface area contributed by atoms with Crippen LogP contribution in [0.5, 0.6) is 0 Å². The van der Waals surface area contributed by atoms with Crippen molar-refractivity contribution in [3.63, 3.8) is 0 Å². The summed E-state index contributed by atoms with van der Waals surface area (Å²) in [6.07, 6.45) is 1.95. The lowest BCUT2D eigenvalue weighted by Crippen LogP contribution is -2.19. The third kappa shape index (κ3) is 3.96. The molecular weight excluding hydrogens is 398 g/mol. The normalized spacial score (nSPS) is 10.9. The first-order valence-corrected chi connectivity index (χ1v) is 10.2. The van der Waals surface area contributed by atoms with Gasteiger partial charge in [0.05, 0.1) is 5.39 Å². The van der Waals surface area contributed by atoms with Gasteiger partial charge in [0.1, 0.15) is 17.0 Å². The maximum Gasteiger partial charge on any atom is 0.323 e. The Morgan fingerprint density at radius 2 is 1.87 bits per heavy atom. The van der Waals surface area contributed by atoms with Crippen LogP contribution in [0.3, 0.4) is 0 Å². The number of hydrogen-bond acceptors (Lipinski definition) is 6. The molecule has 2 aromatic heterocycles. The molecule has 4 aromatic rings. The van der Waals surface area contributed by atoms with Gasteiger partial charge in [-0.3, -0.25) is 0 Å². The monoisotopic (exact) mass is 419 g/mol. The van der Waals surface area contributed by atoms with Gasteiger partial charge in [-0.15, -0.1) is 11.3 Å². The van der Waals surface area contributed by atoms with Crippen LogP contribution >= 0.6 is 11.3 Å². The van der Waals surface area contributed by atoms with Crippen molar-refractivity contribution >= 4 is 44.8 Å². The summed E-state index contributed by atoms with van der Waals surface area (Å²) in [7, 11) is 0. The zero-order valence-electron chi connectivity index (χ0n) is 16.3. The van der Waals surface area contributed by atoms with Crippen LogP contribution in [0.4, 0.5) is 22.0 Å². The second-order valence-corrected chi connectivity index (χ2v) is 7.87. The summed E-state index contributed by atoms with van der Waals surface area (Å²) in [6, 6.07) is 14.8. The number of aromatic nitrogens is 2. The third-order valence-corrected chi connectivity index (χ3v) is 5.91. The fourth-order valence-electron chi connectivity index (χ4n) is 3.30. The maximum atomic E-state index is 12.3. The Hall–Kier alpha value is -3.49. The second-order valence-electron chi connectivity index (χ2n) is 6.78. The number of aliphatic hydroxyl groups excluding tert-OH is 1. The van der Waals surface area contributed by atoms with Crippen LogP contribution in [0, 0.1) is 6.92 Å². The van der Waals surface area contributed by atoms with Crippen LogP contribution in [-0.4, -0.2) is 27.7 Å². The van der Waals surface area contributed by atoms with E-state index in [9.17, 15) is 9.90 Å². The third-order valence-electron chi connectivity index (χ3n) is 4.75. The lowest BCUT2D eigenvalue weighted by atomic mass is 10.0. The van der Waals surface area contributed by atoms with E-state index in [1.807, 2.05) is 55.5 Å². The Balaban J connectivity index is 1.59. The van der Waals surface area contributed by atoms with Gasteiger partial charge < -0.3 is 21.5 Å². The van der Waals surface area contributed by atoms with Crippen molar-refractivity contribution in [2.45, 2.75) is 13.3 Å². The van der Waals surface area contributed by atoms with Crippen molar-refractivity contribution in [2.75, 3.05) is 23.0 Å². The van der Waals surface area contributed by atoms with E-state index in [-0.39, 0.29) is 12.6 Å². The number of aliphatic hydroxyl groups is 1. The molecule has 0 fully saturated rings. The van der Waals surface area contributed by atoms with Crippen LogP contribution in [0.2, 0.25) is 0 Å². The van der Waals surface area contributed by atoms with E-state index in [0.717, 1.165) is 37.5 Å². The number of anilines is 3. The molecule has 4 rings (SSSR count). The largest absolute Gasteiger partial charge is 0.396 e. The average molecular weight is 420 g/mol. The molecule has 7 nitrogen and oxygen atoms in total. The summed E-state index contributed by atoms with van der Waals surface area (Å²) >= 11 is 1.50. The van der Waals surface area contributed by atoms with E-state index in [1.54, 1.807) is 0 Å². The van der Waals surface area contributed by atoms with Gasteiger partial charge in [-0.05, 0) is 36.2 Å². The zero-order chi connectivity index (χ0) is 21.1. The number of rotatable bonds is 5. The zero-order valence-corrected chi connectivity index (χ0v) is 17.2. The highest BCUT2D eigenvalue weighted by Gasteiger charge is 2.17. The van der Waals surface area contributed by atoms with Crippen molar-refractivity contribution in [2.24, 2.45) is 0 Å². The molecule has 0 saturated heterocycles. The molecule has 30 heavy (non-hydrogen) atoms. The molecule has 0 atom stereocenters. The Bertz CT molecular complexity index is 1200. The summed E-state index contributed by atoms with van der Waals surface area (Å²) in [5.41, 5.74) is 10.4. The van der Waals surface area contributed by atoms with Crippen molar-refractivity contribution < 1.29 is 9.90 Å². The number of carbonyl (C=O) groups excluding carboxylic acids is 1. The molecule has 0 aliphatic carbocycles. The number of nitrogens with one attached hydrogen (secondary N) is 2. The summed E-state index contributed by atoms with van der Waals surface area (Å²) in [5, 5.41) is 15.9. The van der Waals surface area contributed by atoms with Gasteiger partial charge in [-0.25, -0.2) is 14.8 Å². The number of aryl methyl sites for hydroxylation is 1. The first kappa shape index (κ1) is 19.8. The molecule has 0 radical (unpaired) electrons. The second kappa shape index (κ2) is 8.48. The summed E-state index contributed by atoms with van der Waals surface area (Å²) in [5.74, 6) is 0.412. The molecule has 2 heterocycles. The lowest BCUT2D eigenvalue weighted by molar-refractivity contribution is 0.262. The quantitative estimate of drug-likeness (QED) is 0.382. The van der Waals surface area contributed by atoms with Gasteiger partial charge in [-0.2, -0.15) is 0 Å². The van der Waals surface area contributed by atoms with Crippen LogP contribution < -0.4 is 16.4 Å². The van der Waals surface area contributed by atoms with Crippen molar-refractivity contribution in [3.8, 4) is 11.1 Å². The molecule has 5 N–H and O–H groups in total. The highest BCUT2D eigenvalue weighted by Crippen LogP contribution is 2.40. The van der Waals surface area contributed by atoms with Crippen LogP contribution in [-0.2, 0) is 6.42 Å². The molecule has 0 unspecified atom stereocenters. The van der Waals surface area contributed by atoms with E-state index in [0.29, 0.717) is 17.9 Å². The number of urea groups is 1. The minimum atomic E-state index is -0.309. The van der Waals surface area contributed by atoms with Gasteiger partial charge >= 0.3 is 6.03 Å². The van der Waals surface area contributed by atoms with Gasteiger partial charge in [-0.1, -0.05) is 30.3 Å². The molecule has 2 aromatic carbocycles. The number of nitrogen functional groups attached to an aromatic ring is 1. The molecule has 152 valence electrons. The van der Waals surface area contributed by atoms with Gasteiger partial charge in [0.15, 0.2) is 0 Å². The highest BCUT2D eigenvalue weighted by molar-refractivity contribution is 7.19. The van der Waals surface area contributed by atoms with Gasteiger partial charge in [0.2, 0.25) is 0 Å². The SMILES string of the molecule is Cc1ccccc1NC(=O)Nc1ccc(-c2c(CCO)sc3ncnc(N)c23)cc1. The van der Waals surface area contributed by atoms with Crippen molar-refractivity contribution in [3.05, 3.63) is 65.3 Å². The molecule has 8 heteroatoms. The Morgan fingerprint density at radius 1 is 1.10 bits per heavy atom. The van der Waals surface area contributed by atoms with E-state index < -0.39 is 0 Å². The Kier molecular flexibility index (Phi) is 5.60. The Labute approximate surface area is 177 Å². The number of para-hydroxylation sites is 1. The molecule has 0 spiro atoms. The predicted octanol–water partition coefficient (Wildman–Crippen LogP) is 4.43. The van der Waals surface area contributed by atoms with E-state index in [2.05, 4.69) is 20.6 Å². The van der Waals surface area contributed by atoms with E-state index in [1.165, 1.54) is 17.7 Å². The smallest absolute Gasteiger partial charge is 0.323 e. The molecule has 0 aliphatic rings. The van der Waals surface area contributed by atoms with Crippen molar-refractivity contribution in [1.29, 1.82) is 0 Å². The Morgan fingerprint density at radius 3 is 2.60 bits per heavy atom. The molecule has 0 saturated carbocycles. The molecule has 0 bridgehead atoms. The van der Waals surface area contributed by atoms with Crippen molar-refractivity contribution in [1.82, 2.24) is 9.97 Å². The first-order chi connectivity index (χ1) is 14.6. The summed E-state index contributed by atoms with van der Waals surface area (Å²) in [4.78, 5) is 22.5. The van der Waals surface area contributed by atoms with E-state index in [4.69, 9.17) is 5.73 Å². The number of hydrogen-bond donors (Lipinski definition) is 4. The van der Waals surface area contributed by atoms with Crippen LogP contribution in [0.15, 0.2) is 54.9 Å². The number of nitrogens with zero attached hydrogens (tertiary/aromatic N) is 2. The molecule has 2 amide bonds. The minimum absolute atomic E-state index is 0.0336. The lowest BCUT2D eigenvalue weighted by Gasteiger charge is -2.11. The molecular formula is C22H21N5O2S. The number of nitrogens with two attached hydrogens (primary N) is 1. The number of carbonyl (C=O) groups is 1. The van der Waals surface area contributed by atoms with Gasteiger partial charge in [0.25, 0.3) is 0 Å². The molecule has 0 aliphatic heterocycles. The van der Waals surface area contributed by atoms with Crippen LogP contribution in [0.25, 0.3) is 21.3 Å². The fraction of sp³-hybridized carbons (Fsp3) is 0.136. The number of benzene rings is 2. The number of fused-ring (bicyclic) bond motifs is 1. The summed E-state index contributed by atoms with van der Waals surface area (Å²) < 4.78 is 0. The standard InChI is InChI=1S/C22H21N5O2S/c1-13-4-2-3-5-16(13)27-22(29)26-15-8-6-14(7-9-15)18-17(10-11-28)30-21-19(18)20(23)24-12-25-21/h2-9,12,28H,10-11H2,1H3,(H2,23,24,25)(H2,26,27,29). The van der Waals surface area contributed by atoms with E-state index >= 15 is 0 Å². The van der Waals surface area contributed by atoms with Crippen LogP contribution in [0.1, 0.15) is 10.4 Å². The number of thiophene rings is 1. The topological polar surface area (TPSA) is 113 Å². The summed E-state index contributed by atoms with van der Waals surface area (Å²) in [6.45, 7) is 1.97. The van der Waals surface area contributed by atoms with Gasteiger partial charge in [0, 0.05) is 34.8 Å². The fourth-order valence-corrected chi connectivity index (χ4v) is 4.46. The maximum absolute atomic E-state index is 12.3. The number of amides is 2. The first-order valence-electron chi connectivity index (χ1n) is 9.43. The highest BCUT2D eigenvalue weighted by atomic mass is 32.1.